The van der Waals surface area contributed by atoms with Crippen molar-refractivity contribution in [1.82, 2.24) is 16.0 Å². The number of hydrogen-bond acceptors (Lipinski definition) is 7. The molecule has 0 aliphatic carbocycles. The molecular weight excluding hydrogens is 420 g/mol. The fourth-order valence-electron chi connectivity index (χ4n) is 2.78. The van der Waals surface area contributed by atoms with Crippen LogP contribution >= 0.6 is 0 Å². The monoisotopic (exact) mass is 452 g/mol. The highest BCUT2D eigenvalue weighted by Crippen LogP contribution is 2.07. The van der Waals surface area contributed by atoms with Crippen LogP contribution < -0.4 is 21.7 Å². The summed E-state index contributed by atoms with van der Waals surface area (Å²) in [4.78, 5) is 48.9. The van der Waals surface area contributed by atoms with Gasteiger partial charge in [-0.2, -0.15) is 0 Å². The SMILES string of the molecule is CC(C)C(NC(=O)C(CO)NC(=O)C(N)C(C)O)C(=O)NC(Cc1ccccc1)C(=O)O. The molecule has 178 valence electrons. The number of carbonyl (C=O) groups excluding carboxylic acids is 3. The number of aliphatic hydroxyl groups excluding tert-OH is 2. The van der Waals surface area contributed by atoms with Gasteiger partial charge in [-0.1, -0.05) is 44.2 Å². The molecule has 0 aliphatic heterocycles. The lowest BCUT2D eigenvalue weighted by atomic mass is 10.0. The Balaban J connectivity index is 2.87. The molecule has 0 spiro atoms. The molecule has 8 N–H and O–H groups in total. The van der Waals surface area contributed by atoms with E-state index in [1.165, 1.54) is 6.92 Å². The summed E-state index contributed by atoms with van der Waals surface area (Å²) in [7, 11) is 0. The normalized spacial score (nSPS) is 15.7. The standard InChI is InChI=1S/C21H32N4O7/c1-11(2)17(25-18(28)15(10-26)24-19(29)16(22)12(3)27)20(30)23-14(21(31)32)9-13-7-5-4-6-8-13/h4-8,11-12,14-17,26-27H,9-10,22H2,1-3H3,(H,23,30)(H,24,29)(H,25,28)(H,31,32). The Morgan fingerprint density at radius 3 is 1.94 bits per heavy atom. The van der Waals surface area contributed by atoms with Crippen LogP contribution in [-0.2, 0) is 25.6 Å². The van der Waals surface area contributed by atoms with Crippen LogP contribution in [0.25, 0.3) is 0 Å². The first-order chi connectivity index (χ1) is 15.0. The summed E-state index contributed by atoms with van der Waals surface area (Å²) in [5.74, 6) is -4.10. The van der Waals surface area contributed by atoms with Crippen molar-refractivity contribution in [3.8, 4) is 0 Å². The number of carboxylic acid groups (broad SMARTS) is 1. The lowest BCUT2D eigenvalue weighted by Gasteiger charge is -2.26. The van der Waals surface area contributed by atoms with Gasteiger partial charge in [0.1, 0.15) is 24.2 Å². The summed E-state index contributed by atoms with van der Waals surface area (Å²) in [6.45, 7) is 3.81. The van der Waals surface area contributed by atoms with Gasteiger partial charge in [0.25, 0.3) is 0 Å². The van der Waals surface area contributed by atoms with Gasteiger partial charge < -0.3 is 37.0 Å². The van der Waals surface area contributed by atoms with Gasteiger partial charge in [-0.3, -0.25) is 14.4 Å². The number of carboxylic acids is 1. The highest BCUT2D eigenvalue weighted by Gasteiger charge is 2.32. The minimum Gasteiger partial charge on any atom is -0.480 e. The third-order valence-electron chi connectivity index (χ3n) is 4.78. The zero-order valence-corrected chi connectivity index (χ0v) is 18.3. The highest BCUT2D eigenvalue weighted by molar-refractivity contribution is 5.94. The lowest BCUT2D eigenvalue weighted by molar-refractivity contribution is -0.142. The number of amides is 3. The van der Waals surface area contributed by atoms with Crippen LogP contribution in [0.4, 0.5) is 0 Å². The van der Waals surface area contributed by atoms with E-state index < -0.39 is 66.5 Å². The van der Waals surface area contributed by atoms with Crippen LogP contribution in [0.2, 0.25) is 0 Å². The van der Waals surface area contributed by atoms with E-state index >= 15 is 0 Å². The number of carbonyl (C=O) groups is 4. The Morgan fingerprint density at radius 1 is 0.906 bits per heavy atom. The predicted octanol–water partition coefficient (Wildman–Crippen LogP) is -1.88. The lowest BCUT2D eigenvalue weighted by Crippen LogP contribution is -2.60. The topological polar surface area (TPSA) is 191 Å². The van der Waals surface area contributed by atoms with Crippen molar-refractivity contribution in [2.24, 2.45) is 11.7 Å². The maximum Gasteiger partial charge on any atom is 0.326 e. The van der Waals surface area contributed by atoms with E-state index in [0.29, 0.717) is 5.56 Å². The number of aliphatic hydroxyl groups is 2. The van der Waals surface area contributed by atoms with Crippen molar-refractivity contribution in [3.63, 3.8) is 0 Å². The smallest absolute Gasteiger partial charge is 0.326 e. The van der Waals surface area contributed by atoms with Gasteiger partial charge in [0.05, 0.1) is 12.7 Å². The van der Waals surface area contributed by atoms with Gasteiger partial charge in [0, 0.05) is 6.42 Å². The van der Waals surface area contributed by atoms with E-state index in [-0.39, 0.29) is 6.42 Å². The molecule has 1 aromatic rings. The van der Waals surface area contributed by atoms with Crippen molar-refractivity contribution in [1.29, 1.82) is 0 Å². The van der Waals surface area contributed by atoms with E-state index in [1.54, 1.807) is 44.2 Å². The minimum atomic E-state index is -1.42. The van der Waals surface area contributed by atoms with Gasteiger partial charge in [0.2, 0.25) is 17.7 Å². The third kappa shape index (κ3) is 8.25. The molecule has 3 amide bonds. The molecule has 5 atom stereocenters. The maximum absolute atomic E-state index is 12.8. The highest BCUT2D eigenvalue weighted by atomic mass is 16.4. The first-order valence-corrected chi connectivity index (χ1v) is 10.2. The quantitative estimate of drug-likeness (QED) is 0.192. The van der Waals surface area contributed by atoms with Gasteiger partial charge >= 0.3 is 5.97 Å². The zero-order valence-electron chi connectivity index (χ0n) is 18.3. The Bertz CT molecular complexity index is 786. The zero-order chi connectivity index (χ0) is 24.4. The number of rotatable bonds is 12. The second-order valence-electron chi connectivity index (χ2n) is 7.83. The third-order valence-corrected chi connectivity index (χ3v) is 4.78. The van der Waals surface area contributed by atoms with Crippen molar-refractivity contribution < 1.29 is 34.5 Å². The van der Waals surface area contributed by atoms with Crippen molar-refractivity contribution in [2.45, 2.75) is 57.5 Å². The number of aliphatic carboxylic acids is 1. The fraction of sp³-hybridized carbons (Fsp3) is 0.524. The summed E-state index contributed by atoms with van der Waals surface area (Å²) < 4.78 is 0. The Labute approximate surface area is 186 Å². The van der Waals surface area contributed by atoms with Crippen LogP contribution in [0.3, 0.4) is 0 Å². The molecule has 0 bridgehead atoms. The number of nitrogens with two attached hydrogens (primary N) is 1. The molecular formula is C21H32N4O7. The summed E-state index contributed by atoms with van der Waals surface area (Å²) in [6, 6.07) is 3.67. The van der Waals surface area contributed by atoms with Crippen molar-refractivity contribution in [3.05, 3.63) is 35.9 Å². The molecule has 0 aromatic heterocycles. The first kappa shape index (κ1) is 27.0. The summed E-state index contributed by atoms with van der Waals surface area (Å²) in [5, 5.41) is 35.4. The molecule has 0 radical (unpaired) electrons. The van der Waals surface area contributed by atoms with Crippen LogP contribution in [0.15, 0.2) is 30.3 Å². The Kier molecular flexibility index (Phi) is 10.8. The number of nitrogens with one attached hydrogen (secondary N) is 3. The van der Waals surface area contributed by atoms with E-state index in [1.807, 2.05) is 0 Å². The summed E-state index contributed by atoms with van der Waals surface area (Å²) in [6.07, 6.45) is -1.13. The Morgan fingerprint density at radius 2 is 1.47 bits per heavy atom. The van der Waals surface area contributed by atoms with Crippen molar-refractivity contribution in [2.75, 3.05) is 6.61 Å². The fourth-order valence-corrected chi connectivity index (χ4v) is 2.78. The molecule has 5 unspecified atom stereocenters. The molecule has 1 rings (SSSR count). The molecule has 0 saturated carbocycles. The van der Waals surface area contributed by atoms with E-state index in [0.717, 1.165) is 0 Å². The predicted molar refractivity (Wildman–Crippen MR) is 115 cm³/mol. The second-order valence-corrected chi connectivity index (χ2v) is 7.83. The molecule has 0 fully saturated rings. The molecule has 11 heteroatoms. The average molecular weight is 453 g/mol. The van der Waals surface area contributed by atoms with E-state index in [2.05, 4.69) is 16.0 Å². The molecule has 0 saturated heterocycles. The number of benzene rings is 1. The Hall–Kier alpha value is -3.02. The maximum atomic E-state index is 12.8. The summed E-state index contributed by atoms with van der Waals surface area (Å²) >= 11 is 0. The molecule has 11 nitrogen and oxygen atoms in total. The van der Waals surface area contributed by atoms with Crippen LogP contribution in [0.1, 0.15) is 26.3 Å². The molecule has 32 heavy (non-hydrogen) atoms. The summed E-state index contributed by atoms with van der Waals surface area (Å²) in [5.41, 5.74) is 6.22. The van der Waals surface area contributed by atoms with Gasteiger partial charge in [0.15, 0.2) is 0 Å². The van der Waals surface area contributed by atoms with Crippen molar-refractivity contribution >= 4 is 23.7 Å². The van der Waals surface area contributed by atoms with E-state index in [9.17, 15) is 34.5 Å². The van der Waals surface area contributed by atoms with Crippen LogP contribution in [0, 0.1) is 5.92 Å². The average Bonchev–Trinajstić information content (AvgIpc) is 2.74. The first-order valence-electron chi connectivity index (χ1n) is 10.2. The molecule has 0 aliphatic rings. The minimum absolute atomic E-state index is 0.0488. The van der Waals surface area contributed by atoms with Gasteiger partial charge in [-0.05, 0) is 18.4 Å². The van der Waals surface area contributed by atoms with Gasteiger partial charge in [-0.25, -0.2) is 4.79 Å². The molecule has 0 heterocycles. The van der Waals surface area contributed by atoms with Gasteiger partial charge in [-0.15, -0.1) is 0 Å². The largest absolute Gasteiger partial charge is 0.480 e. The van der Waals surface area contributed by atoms with Crippen LogP contribution in [-0.4, -0.2) is 75.9 Å². The second kappa shape index (κ2) is 12.7. The molecule has 1 aromatic carbocycles. The number of hydrogen-bond donors (Lipinski definition) is 7. The van der Waals surface area contributed by atoms with E-state index in [4.69, 9.17) is 5.73 Å². The van der Waals surface area contributed by atoms with Crippen LogP contribution in [0.5, 0.6) is 0 Å².